The Morgan fingerprint density at radius 2 is 1.64 bits per heavy atom. The Kier molecular flexibility index (Phi) is 6.55. The van der Waals surface area contributed by atoms with E-state index in [2.05, 4.69) is 26.8 Å². The fraction of sp³-hybridized carbons (Fsp3) is 0.611. The molecule has 1 atom stereocenters. The highest BCUT2D eigenvalue weighted by Crippen LogP contribution is 2.45. The van der Waals surface area contributed by atoms with Crippen molar-refractivity contribution in [1.29, 1.82) is 5.26 Å². The number of nitrogens with zero attached hydrogens (tertiary/aromatic N) is 1. The molecule has 0 aliphatic heterocycles. The molecule has 1 aromatic carbocycles. The van der Waals surface area contributed by atoms with Gasteiger partial charge in [0.15, 0.2) is 11.5 Å². The second-order valence-corrected chi connectivity index (χ2v) is 5.76. The average Bonchev–Trinajstić information content (AvgIpc) is 2.54. The number of rotatable bonds is 8. The summed E-state index contributed by atoms with van der Waals surface area (Å²) in [6, 6.07) is 6.36. The number of hydrogen-bond donors (Lipinski definition) is 0. The van der Waals surface area contributed by atoms with Gasteiger partial charge in [-0.05, 0) is 30.0 Å². The van der Waals surface area contributed by atoms with Crippen molar-refractivity contribution in [2.24, 2.45) is 5.92 Å². The summed E-state index contributed by atoms with van der Waals surface area (Å²) in [6.45, 7) is 6.31. The summed E-state index contributed by atoms with van der Waals surface area (Å²) in [7, 11) is 4.77. The molecule has 122 valence electrons. The lowest BCUT2D eigenvalue weighted by atomic mass is 9.69. The number of ether oxygens (including phenoxy) is 3. The zero-order valence-electron chi connectivity index (χ0n) is 14.5. The molecule has 0 spiro atoms. The van der Waals surface area contributed by atoms with Gasteiger partial charge in [0, 0.05) is 0 Å². The molecular weight excluding hydrogens is 278 g/mol. The number of unbranched alkanes of at least 4 members (excludes halogenated alkanes) is 1. The van der Waals surface area contributed by atoms with Gasteiger partial charge < -0.3 is 14.2 Å². The van der Waals surface area contributed by atoms with E-state index >= 15 is 0 Å². The first kappa shape index (κ1) is 18.2. The minimum absolute atomic E-state index is 0.187. The molecule has 0 bridgehead atoms. The summed E-state index contributed by atoms with van der Waals surface area (Å²) < 4.78 is 16.2. The fourth-order valence-corrected chi connectivity index (χ4v) is 2.81. The Labute approximate surface area is 134 Å². The Hall–Kier alpha value is -1.89. The summed E-state index contributed by atoms with van der Waals surface area (Å²) in [5.41, 5.74) is 0.371. The van der Waals surface area contributed by atoms with Gasteiger partial charge >= 0.3 is 0 Å². The molecular formula is C18H27NO3. The van der Waals surface area contributed by atoms with E-state index in [9.17, 15) is 5.26 Å². The molecule has 1 unspecified atom stereocenters. The molecule has 4 nitrogen and oxygen atoms in total. The van der Waals surface area contributed by atoms with Crippen LogP contribution in [0.1, 0.15) is 45.6 Å². The Balaban J connectivity index is 3.52. The lowest BCUT2D eigenvalue weighted by Gasteiger charge is -2.32. The molecule has 0 amide bonds. The zero-order chi connectivity index (χ0) is 16.8. The predicted octanol–water partition coefficient (Wildman–Crippen LogP) is 4.32. The highest BCUT2D eigenvalue weighted by molar-refractivity contribution is 5.56. The summed E-state index contributed by atoms with van der Waals surface area (Å²) in [6.07, 6.45) is 2.87. The Morgan fingerprint density at radius 1 is 1.09 bits per heavy atom. The van der Waals surface area contributed by atoms with Crippen molar-refractivity contribution in [3.63, 3.8) is 0 Å². The lowest BCUT2D eigenvalue weighted by molar-refractivity contribution is 0.316. The van der Waals surface area contributed by atoms with Crippen molar-refractivity contribution in [2.75, 3.05) is 21.3 Å². The first-order valence-electron chi connectivity index (χ1n) is 7.72. The second-order valence-electron chi connectivity index (χ2n) is 5.76. The molecule has 1 aromatic rings. The molecule has 0 heterocycles. The maximum absolute atomic E-state index is 9.92. The van der Waals surface area contributed by atoms with Gasteiger partial charge in [0.05, 0.1) is 32.8 Å². The Bertz CT molecular complexity index is 509. The van der Waals surface area contributed by atoms with Crippen molar-refractivity contribution in [3.8, 4) is 23.3 Å². The number of benzene rings is 1. The fourth-order valence-electron chi connectivity index (χ4n) is 2.81. The molecule has 0 N–H and O–H groups in total. The third-order valence-corrected chi connectivity index (χ3v) is 4.29. The van der Waals surface area contributed by atoms with Gasteiger partial charge in [-0.25, -0.2) is 0 Å². The van der Waals surface area contributed by atoms with Crippen LogP contribution in [-0.2, 0) is 5.41 Å². The molecule has 0 aromatic heterocycles. The summed E-state index contributed by atoms with van der Waals surface area (Å²) >= 11 is 0. The standard InChI is InChI=1S/C18H27NO3/c1-7-8-9-18(12-19,13(2)3)14-10-15(20-4)17(22-6)16(11-14)21-5/h10-11,13H,7-9H2,1-6H3. The average molecular weight is 305 g/mol. The van der Waals surface area contributed by atoms with Crippen LogP contribution in [0.5, 0.6) is 17.2 Å². The van der Waals surface area contributed by atoms with Gasteiger partial charge in [0.2, 0.25) is 5.75 Å². The van der Waals surface area contributed by atoms with Crippen LogP contribution in [0.25, 0.3) is 0 Å². The maximum Gasteiger partial charge on any atom is 0.203 e. The van der Waals surface area contributed by atoms with Crippen LogP contribution < -0.4 is 14.2 Å². The maximum atomic E-state index is 9.92. The molecule has 0 saturated carbocycles. The molecule has 0 saturated heterocycles. The van der Waals surface area contributed by atoms with Gasteiger partial charge in [0.25, 0.3) is 0 Å². The third kappa shape index (κ3) is 3.30. The lowest BCUT2D eigenvalue weighted by Crippen LogP contribution is -2.30. The van der Waals surface area contributed by atoms with E-state index < -0.39 is 5.41 Å². The molecule has 1 rings (SSSR count). The van der Waals surface area contributed by atoms with Gasteiger partial charge in [-0.1, -0.05) is 33.6 Å². The highest BCUT2D eigenvalue weighted by Gasteiger charge is 2.37. The van der Waals surface area contributed by atoms with Crippen LogP contribution in [0, 0.1) is 17.2 Å². The summed E-state index contributed by atoms with van der Waals surface area (Å²) in [5, 5.41) is 9.92. The molecule has 0 aliphatic rings. The van der Waals surface area contributed by atoms with Crippen molar-refractivity contribution in [3.05, 3.63) is 17.7 Å². The highest BCUT2D eigenvalue weighted by atomic mass is 16.5. The summed E-state index contributed by atoms with van der Waals surface area (Å²) in [5.74, 6) is 1.92. The van der Waals surface area contributed by atoms with Gasteiger partial charge in [-0.3, -0.25) is 0 Å². The first-order chi connectivity index (χ1) is 10.5. The predicted molar refractivity (Wildman–Crippen MR) is 87.8 cm³/mol. The monoisotopic (exact) mass is 305 g/mol. The van der Waals surface area contributed by atoms with Crippen LogP contribution in [0.4, 0.5) is 0 Å². The molecule has 22 heavy (non-hydrogen) atoms. The van der Waals surface area contributed by atoms with Crippen molar-refractivity contribution in [2.45, 2.75) is 45.4 Å². The minimum atomic E-state index is -0.553. The van der Waals surface area contributed by atoms with Gasteiger partial charge in [0.1, 0.15) is 0 Å². The minimum Gasteiger partial charge on any atom is -0.493 e. The van der Waals surface area contributed by atoms with E-state index in [1.54, 1.807) is 21.3 Å². The van der Waals surface area contributed by atoms with Gasteiger partial charge in [-0.15, -0.1) is 0 Å². The molecule has 0 radical (unpaired) electrons. The van der Waals surface area contributed by atoms with E-state index in [0.29, 0.717) is 17.2 Å². The molecule has 0 fully saturated rings. The van der Waals surface area contributed by atoms with Crippen LogP contribution in [0.15, 0.2) is 12.1 Å². The number of hydrogen-bond acceptors (Lipinski definition) is 4. The SMILES string of the molecule is CCCCC(C#N)(c1cc(OC)c(OC)c(OC)c1)C(C)C. The van der Waals surface area contributed by atoms with Crippen LogP contribution in [-0.4, -0.2) is 21.3 Å². The van der Waals surface area contributed by atoms with Gasteiger partial charge in [-0.2, -0.15) is 5.26 Å². The van der Waals surface area contributed by atoms with Crippen molar-refractivity contribution >= 4 is 0 Å². The molecule has 4 heteroatoms. The topological polar surface area (TPSA) is 51.5 Å². The quantitative estimate of drug-likeness (QED) is 0.717. The first-order valence-corrected chi connectivity index (χ1v) is 7.72. The van der Waals surface area contributed by atoms with E-state index in [4.69, 9.17) is 14.2 Å². The van der Waals surface area contributed by atoms with E-state index in [-0.39, 0.29) is 5.92 Å². The third-order valence-electron chi connectivity index (χ3n) is 4.29. The van der Waals surface area contributed by atoms with Crippen molar-refractivity contribution in [1.82, 2.24) is 0 Å². The molecule has 0 aliphatic carbocycles. The number of nitriles is 1. The zero-order valence-corrected chi connectivity index (χ0v) is 14.5. The Morgan fingerprint density at radius 3 is 1.95 bits per heavy atom. The van der Waals surface area contributed by atoms with E-state index in [1.165, 1.54) is 0 Å². The normalized spacial score (nSPS) is 13.4. The smallest absolute Gasteiger partial charge is 0.203 e. The van der Waals surface area contributed by atoms with E-state index in [1.807, 2.05) is 12.1 Å². The summed E-state index contributed by atoms with van der Waals surface area (Å²) in [4.78, 5) is 0. The largest absolute Gasteiger partial charge is 0.493 e. The van der Waals surface area contributed by atoms with Crippen LogP contribution in [0.2, 0.25) is 0 Å². The van der Waals surface area contributed by atoms with Crippen molar-refractivity contribution < 1.29 is 14.2 Å². The van der Waals surface area contributed by atoms with Crippen LogP contribution in [0.3, 0.4) is 0 Å². The number of methoxy groups -OCH3 is 3. The van der Waals surface area contributed by atoms with Crippen LogP contribution >= 0.6 is 0 Å². The second kappa shape index (κ2) is 7.93. The van der Waals surface area contributed by atoms with E-state index in [0.717, 1.165) is 24.8 Å².